The molecule has 0 atom stereocenters. The standard InChI is InChI=1S/C14H16O3S/c1-3-4-7-17-14(15)13-8-10-5-6-11(16-2)9-12(10)18-13/h5-6,8-9H,3-4,7H2,1-2H3. The number of hydrogen-bond acceptors (Lipinski definition) is 4. The molecule has 0 saturated heterocycles. The number of carbonyl (C=O) groups excluding carboxylic acids is 1. The smallest absolute Gasteiger partial charge is 0.348 e. The lowest BCUT2D eigenvalue weighted by Crippen LogP contribution is -2.03. The fourth-order valence-electron chi connectivity index (χ4n) is 1.62. The normalized spacial score (nSPS) is 10.6. The number of rotatable bonds is 5. The average molecular weight is 264 g/mol. The zero-order valence-corrected chi connectivity index (χ0v) is 11.4. The number of unbranched alkanes of at least 4 members (excludes halogenated alkanes) is 1. The number of methoxy groups -OCH3 is 1. The predicted octanol–water partition coefficient (Wildman–Crippen LogP) is 3.87. The molecule has 2 aromatic rings. The predicted molar refractivity (Wildman–Crippen MR) is 73.6 cm³/mol. The molecule has 0 fully saturated rings. The van der Waals surface area contributed by atoms with Gasteiger partial charge in [0, 0.05) is 4.70 Å². The van der Waals surface area contributed by atoms with Crippen molar-refractivity contribution in [3.05, 3.63) is 29.1 Å². The molecule has 2 rings (SSSR count). The second kappa shape index (κ2) is 5.87. The number of esters is 1. The highest BCUT2D eigenvalue weighted by molar-refractivity contribution is 7.20. The van der Waals surface area contributed by atoms with E-state index in [-0.39, 0.29) is 5.97 Å². The SMILES string of the molecule is CCCCOC(=O)c1cc2ccc(OC)cc2s1. The van der Waals surface area contributed by atoms with Crippen LogP contribution < -0.4 is 4.74 Å². The van der Waals surface area contributed by atoms with Gasteiger partial charge in [-0.15, -0.1) is 11.3 Å². The van der Waals surface area contributed by atoms with Crippen LogP contribution in [0.3, 0.4) is 0 Å². The van der Waals surface area contributed by atoms with Gasteiger partial charge in [0.2, 0.25) is 0 Å². The van der Waals surface area contributed by atoms with E-state index in [4.69, 9.17) is 9.47 Å². The molecule has 18 heavy (non-hydrogen) atoms. The van der Waals surface area contributed by atoms with Crippen molar-refractivity contribution >= 4 is 27.4 Å². The maximum atomic E-state index is 11.8. The molecule has 0 radical (unpaired) electrons. The van der Waals surface area contributed by atoms with Crippen LogP contribution in [0, 0.1) is 0 Å². The molecule has 1 aromatic heterocycles. The molecular weight excluding hydrogens is 248 g/mol. The van der Waals surface area contributed by atoms with Crippen molar-refractivity contribution in [3.8, 4) is 5.75 Å². The van der Waals surface area contributed by atoms with Crippen molar-refractivity contribution in [1.29, 1.82) is 0 Å². The summed E-state index contributed by atoms with van der Waals surface area (Å²) in [6, 6.07) is 7.64. The Labute approximate surface area is 110 Å². The van der Waals surface area contributed by atoms with Crippen LogP contribution in [0.2, 0.25) is 0 Å². The maximum Gasteiger partial charge on any atom is 0.348 e. The van der Waals surface area contributed by atoms with Gasteiger partial charge in [-0.3, -0.25) is 0 Å². The van der Waals surface area contributed by atoms with Gasteiger partial charge in [-0.05, 0) is 36.1 Å². The van der Waals surface area contributed by atoms with Crippen molar-refractivity contribution in [3.63, 3.8) is 0 Å². The summed E-state index contributed by atoms with van der Waals surface area (Å²) >= 11 is 1.44. The van der Waals surface area contributed by atoms with E-state index in [9.17, 15) is 4.79 Å². The summed E-state index contributed by atoms with van der Waals surface area (Å²) in [5, 5.41) is 1.04. The Balaban J connectivity index is 2.16. The third-order valence-corrected chi connectivity index (χ3v) is 3.74. The fourth-order valence-corrected chi connectivity index (χ4v) is 2.60. The minimum atomic E-state index is -0.233. The largest absolute Gasteiger partial charge is 0.497 e. The van der Waals surface area contributed by atoms with Gasteiger partial charge in [0.05, 0.1) is 13.7 Å². The molecule has 0 unspecified atom stereocenters. The fraction of sp³-hybridized carbons (Fsp3) is 0.357. The Hall–Kier alpha value is -1.55. The van der Waals surface area contributed by atoms with Crippen LogP contribution in [0.4, 0.5) is 0 Å². The van der Waals surface area contributed by atoms with Crippen LogP contribution in [0.1, 0.15) is 29.4 Å². The van der Waals surface area contributed by atoms with E-state index in [0.717, 1.165) is 28.7 Å². The molecule has 1 aromatic carbocycles. The molecule has 0 aliphatic rings. The summed E-state index contributed by atoms with van der Waals surface area (Å²) in [5.74, 6) is 0.568. The molecule has 0 bridgehead atoms. The third kappa shape index (κ3) is 2.82. The summed E-state index contributed by atoms with van der Waals surface area (Å²) in [5.41, 5.74) is 0. The number of benzene rings is 1. The minimum Gasteiger partial charge on any atom is -0.497 e. The molecule has 0 aliphatic carbocycles. The lowest BCUT2D eigenvalue weighted by molar-refractivity contribution is 0.0505. The Bertz CT molecular complexity index is 545. The van der Waals surface area contributed by atoms with E-state index in [2.05, 4.69) is 6.92 Å². The summed E-state index contributed by atoms with van der Waals surface area (Å²) < 4.78 is 11.4. The molecule has 0 spiro atoms. The van der Waals surface area contributed by atoms with Gasteiger partial charge < -0.3 is 9.47 Å². The van der Waals surface area contributed by atoms with Crippen molar-refractivity contribution in [2.24, 2.45) is 0 Å². The molecule has 4 heteroatoms. The highest BCUT2D eigenvalue weighted by atomic mass is 32.1. The maximum absolute atomic E-state index is 11.8. The summed E-state index contributed by atoms with van der Waals surface area (Å²) in [6.07, 6.45) is 1.93. The zero-order chi connectivity index (χ0) is 13.0. The molecule has 0 amide bonds. The van der Waals surface area contributed by atoms with Crippen molar-refractivity contribution in [2.75, 3.05) is 13.7 Å². The van der Waals surface area contributed by atoms with E-state index in [0.29, 0.717) is 11.5 Å². The first-order valence-corrected chi connectivity index (χ1v) is 6.81. The monoisotopic (exact) mass is 264 g/mol. The van der Waals surface area contributed by atoms with Gasteiger partial charge in [0.15, 0.2) is 0 Å². The highest BCUT2D eigenvalue weighted by Gasteiger charge is 2.11. The topological polar surface area (TPSA) is 35.5 Å². The van der Waals surface area contributed by atoms with E-state index >= 15 is 0 Å². The molecular formula is C14H16O3S. The van der Waals surface area contributed by atoms with Crippen LogP contribution in [-0.2, 0) is 4.74 Å². The van der Waals surface area contributed by atoms with Crippen molar-refractivity contribution in [2.45, 2.75) is 19.8 Å². The van der Waals surface area contributed by atoms with Crippen LogP contribution >= 0.6 is 11.3 Å². The Morgan fingerprint density at radius 3 is 2.89 bits per heavy atom. The van der Waals surface area contributed by atoms with Gasteiger partial charge in [-0.1, -0.05) is 13.3 Å². The Kier molecular flexibility index (Phi) is 4.20. The molecule has 1 heterocycles. The van der Waals surface area contributed by atoms with Gasteiger partial charge in [0.25, 0.3) is 0 Å². The van der Waals surface area contributed by atoms with E-state index < -0.39 is 0 Å². The zero-order valence-electron chi connectivity index (χ0n) is 10.6. The van der Waals surface area contributed by atoms with Crippen molar-refractivity contribution < 1.29 is 14.3 Å². The Morgan fingerprint density at radius 1 is 1.33 bits per heavy atom. The second-order valence-electron chi connectivity index (χ2n) is 4.00. The second-order valence-corrected chi connectivity index (χ2v) is 5.09. The van der Waals surface area contributed by atoms with Gasteiger partial charge in [-0.2, -0.15) is 0 Å². The number of hydrogen-bond donors (Lipinski definition) is 0. The lowest BCUT2D eigenvalue weighted by atomic mass is 10.2. The molecule has 0 saturated carbocycles. The third-order valence-electron chi connectivity index (χ3n) is 2.66. The molecule has 0 aliphatic heterocycles. The first-order chi connectivity index (χ1) is 8.74. The molecule has 0 N–H and O–H groups in total. The summed E-state index contributed by atoms with van der Waals surface area (Å²) in [4.78, 5) is 12.4. The van der Waals surface area contributed by atoms with Crippen molar-refractivity contribution in [1.82, 2.24) is 0 Å². The van der Waals surface area contributed by atoms with Gasteiger partial charge >= 0.3 is 5.97 Å². The van der Waals surface area contributed by atoms with E-state index in [1.807, 2.05) is 24.3 Å². The van der Waals surface area contributed by atoms with Crippen LogP contribution in [-0.4, -0.2) is 19.7 Å². The summed E-state index contributed by atoms with van der Waals surface area (Å²) in [7, 11) is 1.63. The van der Waals surface area contributed by atoms with Crippen LogP contribution in [0.15, 0.2) is 24.3 Å². The van der Waals surface area contributed by atoms with Crippen LogP contribution in [0.25, 0.3) is 10.1 Å². The molecule has 3 nitrogen and oxygen atoms in total. The Morgan fingerprint density at radius 2 is 2.17 bits per heavy atom. The van der Waals surface area contributed by atoms with Crippen LogP contribution in [0.5, 0.6) is 5.75 Å². The average Bonchev–Trinajstić information content (AvgIpc) is 2.81. The van der Waals surface area contributed by atoms with E-state index in [1.54, 1.807) is 7.11 Å². The number of ether oxygens (including phenoxy) is 2. The quantitative estimate of drug-likeness (QED) is 0.607. The van der Waals surface area contributed by atoms with Gasteiger partial charge in [0.1, 0.15) is 10.6 Å². The lowest BCUT2D eigenvalue weighted by Gasteiger charge is -2.00. The number of fused-ring (bicyclic) bond motifs is 1. The van der Waals surface area contributed by atoms with E-state index in [1.165, 1.54) is 11.3 Å². The molecule has 96 valence electrons. The summed E-state index contributed by atoms with van der Waals surface area (Å²) in [6.45, 7) is 2.56. The first-order valence-electron chi connectivity index (χ1n) is 5.99. The highest BCUT2D eigenvalue weighted by Crippen LogP contribution is 2.29. The van der Waals surface area contributed by atoms with Gasteiger partial charge in [-0.25, -0.2) is 4.79 Å². The minimum absolute atomic E-state index is 0.233. The number of carbonyl (C=O) groups is 1. The first kappa shape index (κ1) is 12.9. The number of thiophene rings is 1.